The van der Waals surface area contributed by atoms with E-state index < -0.39 is 10.0 Å². The van der Waals surface area contributed by atoms with E-state index in [1.165, 1.54) is 6.20 Å². The molecule has 19 heavy (non-hydrogen) atoms. The average Bonchev–Trinajstić information content (AvgIpc) is 3.18. The van der Waals surface area contributed by atoms with E-state index in [0.29, 0.717) is 18.8 Å². The fourth-order valence-electron chi connectivity index (χ4n) is 2.08. The van der Waals surface area contributed by atoms with Gasteiger partial charge >= 0.3 is 0 Å². The minimum atomic E-state index is -3.54. The minimum Gasteiger partial charge on any atom is -0.383 e. The summed E-state index contributed by atoms with van der Waals surface area (Å²) in [6.45, 7) is 5.19. The van der Waals surface area contributed by atoms with Crippen molar-refractivity contribution in [3.05, 3.63) is 18.3 Å². The normalized spacial score (nSPS) is 17.2. The summed E-state index contributed by atoms with van der Waals surface area (Å²) in [7, 11) is -3.54. The van der Waals surface area contributed by atoms with Crippen LogP contribution >= 0.6 is 0 Å². The number of nitrogens with zero attached hydrogens (tertiary/aromatic N) is 1. The molecule has 0 amide bonds. The number of pyridine rings is 1. The van der Waals surface area contributed by atoms with E-state index in [1.54, 1.807) is 12.1 Å². The third-order valence-electron chi connectivity index (χ3n) is 3.74. The first-order chi connectivity index (χ1) is 9.03. The molecular weight excluding hydrogens is 262 g/mol. The molecule has 1 aliphatic rings. The highest BCUT2D eigenvalue weighted by atomic mass is 32.2. The Hall–Kier alpha value is -1.14. The summed E-state index contributed by atoms with van der Waals surface area (Å²) >= 11 is 0. The lowest BCUT2D eigenvalue weighted by atomic mass is 10.1. The van der Waals surface area contributed by atoms with Crippen LogP contribution in [0.3, 0.4) is 0 Å². The Morgan fingerprint density at radius 1 is 1.37 bits per heavy atom. The van der Waals surface area contributed by atoms with Gasteiger partial charge in [0.25, 0.3) is 10.0 Å². The molecule has 1 aromatic rings. The third kappa shape index (κ3) is 3.25. The first-order valence-corrected chi connectivity index (χ1v) is 8.20. The molecule has 0 bridgehead atoms. The van der Waals surface area contributed by atoms with Gasteiger partial charge in [-0.2, -0.15) is 0 Å². The van der Waals surface area contributed by atoms with Crippen molar-refractivity contribution in [3.63, 3.8) is 0 Å². The van der Waals surface area contributed by atoms with Crippen molar-refractivity contribution in [3.8, 4) is 0 Å². The van der Waals surface area contributed by atoms with Crippen molar-refractivity contribution in [2.24, 2.45) is 5.41 Å². The molecule has 0 aliphatic heterocycles. The van der Waals surface area contributed by atoms with E-state index in [9.17, 15) is 8.42 Å². The zero-order valence-corrected chi connectivity index (χ0v) is 12.3. The second-order valence-corrected chi connectivity index (χ2v) is 6.75. The molecule has 0 aromatic carbocycles. The quantitative estimate of drug-likeness (QED) is 0.802. The van der Waals surface area contributed by atoms with Gasteiger partial charge in [0.15, 0.2) is 5.03 Å². The molecule has 0 saturated heterocycles. The number of hydrogen-bond donors (Lipinski definition) is 2. The predicted molar refractivity (Wildman–Crippen MR) is 75.5 cm³/mol. The molecule has 1 aliphatic carbocycles. The molecular formula is C13H21N3O2S. The van der Waals surface area contributed by atoms with Gasteiger partial charge in [-0.05, 0) is 43.7 Å². The summed E-state index contributed by atoms with van der Waals surface area (Å²) in [6.07, 6.45) is 4.72. The molecule has 1 saturated carbocycles. The molecule has 5 nitrogen and oxygen atoms in total. The Kier molecular flexibility index (Phi) is 4.10. The van der Waals surface area contributed by atoms with Gasteiger partial charge in [0.2, 0.25) is 0 Å². The summed E-state index contributed by atoms with van der Waals surface area (Å²) in [5.74, 6) is 0. The number of anilines is 1. The summed E-state index contributed by atoms with van der Waals surface area (Å²) in [4.78, 5) is 4.00. The molecule has 0 unspecified atom stereocenters. The third-order valence-corrected chi connectivity index (χ3v) is 5.10. The molecule has 6 heteroatoms. The highest BCUT2D eigenvalue weighted by Gasteiger charge is 2.41. The molecule has 2 rings (SSSR count). The van der Waals surface area contributed by atoms with Crippen molar-refractivity contribution < 1.29 is 8.42 Å². The van der Waals surface area contributed by atoms with Gasteiger partial charge in [-0.15, -0.1) is 0 Å². The van der Waals surface area contributed by atoms with Crippen molar-refractivity contribution in [2.75, 3.05) is 18.4 Å². The lowest BCUT2D eigenvalue weighted by Crippen LogP contribution is -2.31. The summed E-state index contributed by atoms with van der Waals surface area (Å²) in [5.41, 5.74) is 0.735. The molecule has 1 heterocycles. The fraction of sp³-hybridized carbons (Fsp3) is 0.615. The van der Waals surface area contributed by atoms with Gasteiger partial charge in [0.1, 0.15) is 0 Å². The number of hydrogen-bond acceptors (Lipinski definition) is 4. The van der Waals surface area contributed by atoms with Crippen LogP contribution in [0.4, 0.5) is 5.69 Å². The lowest BCUT2D eigenvalue weighted by molar-refractivity contribution is 0.475. The van der Waals surface area contributed by atoms with E-state index in [4.69, 9.17) is 0 Å². The van der Waals surface area contributed by atoms with Gasteiger partial charge in [-0.3, -0.25) is 0 Å². The molecule has 0 spiro atoms. The first kappa shape index (κ1) is 14.3. The molecule has 1 fully saturated rings. The maximum atomic E-state index is 12.3. The number of nitrogens with one attached hydrogen (secondary N) is 2. The van der Waals surface area contributed by atoms with Crippen LogP contribution in [-0.2, 0) is 10.0 Å². The van der Waals surface area contributed by atoms with Gasteiger partial charge in [-0.1, -0.05) is 6.92 Å². The second-order valence-electron chi connectivity index (χ2n) is 5.06. The molecule has 2 N–H and O–H groups in total. The van der Waals surface area contributed by atoms with E-state index in [-0.39, 0.29) is 10.4 Å². The van der Waals surface area contributed by atoms with E-state index >= 15 is 0 Å². The van der Waals surface area contributed by atoms with E-state index in [0.717, 1.165) is 19.3 Å². The molecule has 1 aromatic heterocycles. The van der Waals surface area contributed by atoms with Crippen molar-refractivity contribution in [2.45, 2.75) is 38.1 Å². The topological polar surface area (TPSA) is 71.1 Å². The SMILES string of the molecule is CCNc1cccnc1S(=O)(=O)NCC1(CC)CC1. The largest absolute Gasteiger partial charge is 0.383 e. The van der Waals surface area contributed by atoms with E-state index in [1.807, 2.05) is 6.92 Å². The van der Waals surface area contributed by atoms with Crippen molar-refractivity contribution in [1.82, 2.24) is 9.71 Å². The van der Waals surface area contributed by atoms with Crippen LogP contribution in [0, 0.1) is 5.41 Å². The van der Waals surface area contributed by atoms with Crippen LogP contribution in [0.5, 0.6) is 0 Å². The second kappa shape index (κ2) is 5.46. The van der Waals surface area contributed by atoms with Crippen LogP contribution in [0.2, 0.25) is 0 Å². The van der Waals surface area contributed by atoms with Gasteiger partial charge in [0.05, 0.1) is 5.69 Å². The van der Waals surface area contributed by atoms with Crippen LogP contribution < -0.4 is 10.0 Å². The maximum Gasteiger partial charge on any atom is 0.260 e. The summed E-state index contributed by atoms with van der Waals surface area (Å²) in [5, 5.41) is 3.11. The van der Waals surface area contributed by atoms with Crippen LogP contribution in [0.15, 0.2) is 23.4 Å². The Labute approximate surface area is 114 Å². The first-order valence-electron chi connectivity index (χ1n) is 6.71. The van der Waals surface area contributed by atoms with Crippen molar-refractivity contribution >= 4 is 15.7 Å². The Bertz CT molecular complexity index is 539. The highest BCUT2D eigenvalue weighted by Crippen LogP contribution is 2.48. The molecule has 0 atom stereocenters. The Morgan fingerprint density at radius 3 is 2.68 bits per heavy atom. The van der Waals surface area contributed by atoms with Crippen LogP contribution in [-0.4, -0.2) is 26.5 Å². The van der Waals surface area contributed by atoms with Gasteiger partial charge in [-0.25, -0.2) is 18.1 Å². The zero-order chi connectivity index (χ0) is 13.9. The van der Waals surface area contributed by atoms with Gasteiger partial charge < -0.3 is 5.32 Å². The van der Waals surface area contributed by atoms with Crippen molar-refractivity contribution in [1.29, 1.82) is 0 Å². The smallest absolute Gasteiger partial charge is 0.260 e. The standard InChI is InChI=1S/C13H21N3O2S/c1-3-13(7-8-13)10-16-19(17,18)12-11(14-4-2)6-5-9-15-12/h5-6,9,14,16H,3-4,7-8,10H2,1-2H3. The molecule has 0 radical (unpaired) electrons. The monoisotopic (exact) mass is 283 g/mol. The number of aromatic nitrogens is 1. The number of sulfonamides is 1. The Balaban J connectivity index is 2.15. The fourth-order valence-corrected chi connectivity index (χ4v) is 3.34. The maximum absolute atomic E-state index is 12.3. The van der Waals surface area contributed by atoms with E-state index in [2.05, 4.69) is 21.9 Å². The van der Waals surface area contributed by atoms with Crippen LogP contribution in [0.25, 0.3) is 0 Å². The Morgan fingerprint density at radius 2 is 2.11 bits per heavy atom. The highest BCUT2D eigenvalue weighted by molar-refractivity contribution is 7.89. The van der Waals surface area contributed by atoms with Gasteiger partial charge in [0, 0.05) is 19.3 Å². The average molecular weight is 283 g/mol. The lowest BCUT2D eigenvalue weighted by Gasteiger charge is -2.15. The van der Waals surface area contributed by atoms with Crippen LogP contribution in [0.1, 0.15) is 33.1 Å². The number of rotatable bonds is 7. The predicted octanol–water partition coefficient (Wildman–Crippen LogP) is 1.98. The minimum absolute atomic E-state index is 0.0868. The summed E-state index contributed by atoms with van der Waals surface area (Å²) < 4.78 is 27.3. The summed E-state index contributed by atoms with van der Waals surface area (Å²) in [6, 6.07) is 3.46. The zero-order valence-electron chi connectivity index (χ0n) is 11.4. The molecule has 106 valence electrons.